The van der Waals surface area contributed by atoms with Crippen molar-refractivity contribution in [3.63, 3.8) is 0 Å². The van der Waals surface area contributed by atoms with E-state index >= 15 is 8.78 Å². The van der Waals surface area contributed by atoms with E-state index in [1.165, 1.54) is 12.3 Å². The summed E-state index contributed by atoms with van der Waals surface area (Å²) in [7, 11) is 0. The molecule has 0 bridgehead atoms. The summed E-state index contributed by atoms with van der Waals surface area (Å²) in [5.41, 5.74) is 1.37. The highest BCUT2D eigenvalue weighted by Crippen LogP contribution is 2.41. The Bertz CT molecular complexity index is 1230. The third-order valence-electron chi connectivity index (χ3n) is 5.57. The standard InChI is InChI=1S/C22H19ClF2N4O/c1-13-10-15(7-9-30-13)29-20-16-11-14(23)5-6-17(16)27-12-18(20)28-21(29)22(24,25)19-4-2-3-8-26-19/h2-6,8,11-13,15H,7,9-10H2,1H3/t13-,15-/m1/s1. The maximum Gasteiger partial charge on any atom is 0.346 e. The highest BCUT2D eigenvalue weighted by molar-refractivity contribution is 6.31. The van der Waals surface area contributed by atoms with Crippen LogP contribution in [-0.2, 0) is 10.7 Å². The maximum atomic E-state index is 15.7. The lowest BCUT2D eigenvalue weighted by Gasteiger charge is -2.31. The van der Waals surface area contributed by atoms with Crippen LogP contribution in [0.25, 0.3) is 21.9 Å². The Morgan fingerprint density at radius 2 is 2.03 bits per heavy atom. The Hall–Kier alpha value is -2.64. The molecule has 0 N–H and O–H groups in total. The van der Waals surface area contributed by atoms with Crippen LogP contribution in [0.5, 0.6) is 0 Å². The normalized spacial score (nSPS) is 20.1. The Labute approximate surface area is 176 Å². The molecule has 0 aliphatic carbocycles. The van der Waals surface area contributed by atoms with E-state index in [1.807, 2.05) is 6.92 Å². The third-order valence-corrected chi connectivity index (χ3v) is 5.80. The molecule has 154 valence electrons. The first-order valence-corrected chi connectivity index (χ1v) is 10.2. The van der Waals surface area contributed by atoms with Crippen molar-refractivity contribution in [2.75, 3.05) is 6.61 Å². The van der Waals surface area contributed by atoms with E-state index in [0.717, 1.165) is 0 Å². The van der Waals surface area contributed by atoms with Crippen molar-refractivity contribution in [2.24, 2.45) is 0 Å². The van der Waals surface area contributed by atoms with Gasteiger partial charge in [0.05, 0.1) is 23.3 Å². The van der Waals surface area contributed by atoms with E-state index in [0.29, 0.717) is 46.4 Å². The third kappa shape index (κ3) is 3.13. The zero-order valence-electron chi connectivity index (χ0n) is 16.2. The topological polar surface area (TPSA) is 52.8 Å². The van der Waals surface area contributed by atoms with Crippen LogP contribution in [0, 0.1) is 0 Å². The molecule has 4 heterocycles. The van der Waals surface area contributed by atoms with E-state index in [-0.39, 0.29) is 23.7 Å². The van der Waals surface area contributed by atoms with Gasteiger partial charge in [-0.2, -0.15) is 8.78 Å². The second-order valence-corrected chi connectivity index (χ2v) is 8.04. The van der Waals surface area contributed by atoms with Crippen LogP contribution < -0.4 is 0 Å². The van der Waals surface area contributed by atoms with Crippen LogP contribution in [0.3, 0.4) is 0 Å². The first kappa shape index (κ1) is 19.3. The summed E-state index contributed by atoms with van der Waals surface area (Å²) in [6.45, 7) is 2.46. The quantitative estimate of drug-likeness (QED) is 0.431. The molecule has 1 saturated heterocycles. The summed E-state index contributed by atoms with van der Waals surface area (Å²) in [5.74, 6) is -3.70. The maximum absolute atomic E-state index is 15.7. The highest BCUT2D eigenvalue weighted by atomic mass is 35.5. The van der Waals surface area contributed by atoms with Crippen molar-refractivity contribution in [3.8, 4) is 0 Å². The molecule has 1 aromatic carbocycles. The van der Waals surface area contributed by atoms with Gasteiger partial charge in [0, 0.05) is 29.3 Å². The number of hydrogen-bond acceptors (Lipinski definition) is 4. The number of hydrogen-bond donors (Lipinski definition) is 0. The molecule has 0 radical (unpaired) electrons. The molecule has 0 unspecified atom stereocenters. The summed E-state index contributed by atoms with van der Waals surface area (Å²) in [6.07, 6.45) is 4.10. The van der Waals surface area contributed by atoms with Crippen LogP contribution >= 0.6 is 11.6 Å². The van der Waals surface area contributed by atoms with E-state index in [2.05, 4.69) is 15.0 Å². The predicted molar refractivity (Wildman–Crippen MR) is 111 cm³/mol. The minimum absolute atomic E-state index is 0.0331. The van der Waals surface area contributed by atoms with Gasteiger partial charge in [-0.05, 0) is 50.1 Å². The molecule has 30 heavy (non-hydrogen) atoms. The molecular formula is C22H19ClF2N4O. The van der Waals surface area contributed by atoms with Crippen molar-refractivity contribution in [2.45, 2.75) is 37.8 Å². The molecule has 2 atom stereocenters. The Balaban J connectivity index is 1.83. The van der Waals surface area contributed by atoms with Gasteiger partial charge in [-0.1, -0.05) is 17.7 Å². The van der Waals surface area contributed by atoms with Crippen LogP contribution in [0.2, 0.25) is 5.02 Å². The SMILES string of the molecule is C[C@@H]1C[C@H](n2c(C(F)(F)c3ccccn3)nc3cnc4ccc(Cl)cc4c32)CCO1. The van der Waals surface area contributed by atoms with Crippen LogP contribution in [0.4, 0.5) is 8.78 Å². The number of imidazole rings is 1. The molecule has 1 aliphatic heterocycles. The molecule has 8 heteroatoms. The van der Waals surface area contributed by atoms with Gasteiger partial charge >= 0.3 is 5.92 Å². The molecule has 1 aliphatic rings. The molecular weight excluding hydrogens is 410 g/mol. The molecule has 0 spiro atoms. The van der Waals surface area contributed by atoms with Crippen molar-refractivity contribution in [3.05, 3.63) is 65.3 Å². The molecule has 5 nitrogen and oxygen atoms in total. The van der Waals surface area contributed by atoms with Gasteiger partial charge in [-0.3, -0.25) is 9.97 Å². The summed E-state index contributed by atoms with van der Waals surface area (Å²) in [5, 5.41) is 1.22. The van der Waals surface area contributed by atoms with Gasteiger partial charge < -0.3 is 9.30 Å². The van der Waals surface area contributed by atoms with E-state index in [1.54, 1.807) is 41.1 Å². The smallest absolute Gasteiger partial charge is 0.346 e. The zero-order valence-corrected chi connectivity index (χ0v) is 17.0. The number of ether oxygens (including phenoxy) is 1. The fourth-order valence-corrected chi connectivity index (χ4v) is 4.37. The number of benzene rings is 1. The van der Waals surface area contributed by atoms with Crippen molar-refractivity contribution in [1.82, 2.24) is 19.5 Å². The lowest BCUT2D eigenvalue weighted by molar-refractivity contribution is -0.00559. The molecule has 4 aromatic rings. The lowest BCUT2D eigenvalue weighted by Crippen LogP contribution is -2.30. The summed E-state index contributed by atoms with van der Waals surface area (Å²) >= 11 is 6.24. The monoisotopic (exact) mass is 428 g/mol. The average Bonchev–Trinajstić information content (AvgIpc) is 3.15. The van der Waals surface area contributed by atoms with E-state index < -0.39 is 5.92 Å². The Kier molecular flexibility index (Phi) is 4.67. The molecule has 3 aromatic heterocycles. The van der Waals surface area contributed by atoms with Gasteiger partial charge in [0.2, 0.25) is 0 Å². The number of halogens is 3. The first-order valence-electron chi connectivity index (χ1n) is 9.83. The van der Waals surface area contributed by atoms with Crippen LogP contribution in [0.15, 0.2) is 48.8 Å². The van der Waals surface area contributed by atoms with Crippen molar-refractivity contribution >= 4 is 33.5 Å². The minimum atomic E-state index is -3.37. The second-order valence-electron chi connectivity index (χ2n) is 7.61. The molecule has 0 amide bonds. The molecule has 1 fully saturated rings. The van der Waals surface area contributed by atoms with Gasteiger partial charge in [0.25, 0.3) is 0 Å². The number of alkyl halides is 2. The van der Waals surface area contributed by atoms with Crippen molar-refractivity contribution < 1.29 is 13.5 Å². The summed E-state index contributed by atoms with van der Waals surface area (Å²) in [4.78, 5) is 12.7. The van der Waals surface area contributed by atoms with Crippen molar-refractivity contribution in [1.29, 1.82) is 0 Å². The minimum Gasteiger partial charge on any atom is -0.378 e. The van der Waals surface area contributed by atoms with Crippen LogP contribution in [-0.4, -0.2) is 32.2 Å². The van der Waals surface area contributed by atoms with Gasteiger partial charge in [0.1, 0.15) is 11.2 Å². The first-order chi connectivity index (χ1) is 14.4. The number of rotatable bonds is 3. The molecule has 0 saturated carbocycles. The number of fused-ring (bicyclic) bond motifs is 3. The Morgan fingerprint density at radius 3 is 2.80 bits per heavy atom. The number of aromatic nitrogens is 4. The van der Waals surface area contributed by atoms with Crippen LogP contribution in [0.1, 0.15) is 37.3 Å². The largest absolute Gasteiger partial charge is 0.378 e. The fourth-order valence-electron chi connectivity index (χ4n) is 4.20. The number of nitrogens with zero attached hydrogens (tertiary/aromatic N) is 4. The summed E-state index contributed by atoms with van der Waals surface area (Å²) < 4.78 is 38.7. The predicted octanol–water partition coefficient (Wildman–Crippen LogP) is 5.51. The molecule has 5 rings (SSSR count). The second kappa shape index (κ2) is 7.25. The van der Waals surface area contributed by atoms with Gasteiger partial charge in [-0.15, -0.1) is 0 Å². The fraction of sp³-hybridized carbons (Fsp3) is 0.318. The van der Waals surface area contributed by atoms with E-state index in [9.17, 15) is 0 Å². The van der Waals surface area contributed by atoms with E-state index in [4.69, 9.17) is 16.3 Å². The van der Waals surface area contributed by atoms with Gasteiger partial charge in [-0.25, -0.2) is 4.98 Å². The highest BCUT2D eigenvalue weighted by Gasteiger charge is 2.43. The van der Waals surface area contributed by atoms with Gasteiger partial charge in [0.15, 0.2) is 5.82 Å². The number of pyridine rings is 2. The zero-order chi connectivity index (χ0) is 20.9. The average molecular weight is 429 g/mol. The lowest BCUT2D eigenvalue weighted by atomic mass is 10.0. The Morgan fingerprint density at radius 1 is 1.17 bits per heavy atom. The summed E-state index contributed by atoms with van der Waals surface area (Å²) in [6, 6.07) is 9.59.